The normalized spacial score (nSPS) is 37.4. The lowest BCUT2D eigenvalue weighted by molar-refractivity contribution is -0.0595. The van der Waals surface area contributed by atoms with E-state index in [0.717, 1.165) is 6.42 Å². The van der Waals surface area contributed by atoms with Crippen molar-refractivity contribution in [2.45, 2.75) is 97.3 Å². The molecule has 0 aromatic heterocycles. The van der Waals surface area contributed by atoms with Gasteiger partial charge in [0, 0.05) is 0 Å². The Morgan fingerprint density at radius 1 is 0.810 bits per heavy atom. The molecule has 0 amide bonds. The van der Waals surface area contributed by atoms with Gasteiger partial charge in [0.1, 0.15) is 0 Å². The monoisotopic (exact) mass is 298 g/mol. The number of hydrogen-bond donors (Lipinski definition) is 0. The lowest BCUT2D eigenvalue weighted by Crippen LogP contribution is -2.45. The van der Waals surface area contributed by atoms with Crippen molar-refractivity contribution in [1.29, 1.82) is 0 Å². The lowest BCUT2D eigenvalue weighted by atomic mass is 9.81. The number of rotatable bonds is 3. The average Bonchev–Trinajstić information content (AvgIpc) is 2.58. The fourth-order valence-corrected chi connectivity index (χ4v) is 3.02. The summed E-state index contributed by atoms with van der Waals surface area (Å²) in [5.74, 6) is 0.537. The van der Waals surface area contributed by atoms with Crippen LogP contribution in [0, 0.1) is 5.92 Å². The zero-order valence-electron chi connectivity index (χ0n) is 15.1. The standard InChI is InChI=1S/C16H31BO4/c1-11(2)10-16(9)15(7,8)18-12(19-16)17-20-13(3,4)14(5,6)21-17/h11-12H,10H2,1-9H3. The Morgan fingerprint density at radius 2 is 1.29 bits per heavy atom. The van der Waals surface area contributed by atoms with Gasteiger partial charge in [-0.3, -0.25) is 0 Å². The van der Waals surface area contributed by atoms with Crippen LogP contribution in [0.3, 0.4) is 0 Å². The van der Waals surface area contributed by atoms with Gasteiger partial charge in [-0.2, -0.15) is 0 Å². The summed E-state index contributed by atoms with van der Waals surface area (Å²) in [5.41, 5.74) is -1.45. The maximum atomic E-state index is 6.27. The summed E-state index contributed by atoms with van der Waals surface area (Å²) < 4.78 is 24.6. The lowest BCUT2D eigenvalue weighted by Gasteiger charge is -2.36. The highest BCUT2D eigenvalue weighted by molar-refractivity contribution is 6.46. The van der Waals surface area contributed by atoms with Crippen LogP contribution in [-0.4, -0.2) is 35.7 Å². The zero-order chi connectivity index (χ0) is 16.3. The third-order valence-corrected chi connectivity index (χ3v) is 5.35. The molecule has 0 bridgehead atoms. The number of hydrogen-bond acceptors (Lipinski definition) is 4. The van der Waals surface area contributed by atoms with Crippen LogP contribution in [0.25, 0.3) is 0 Å². The van der Waals surface area contributed by atoms with Crippen molar-refractivity contribution in [3.63, 3.8) is 0 Å². The highest BCUT2D eigenvalue weighted by Gasteiger charge is 2.62. The van der Waals surface area contributed by atoms with Crippen LogP contribution in [-0.2, 0) is 18.8 Å². The van der Waals surface area contributed by atoms with Gasteiger partial charge in [-0.05, 0) is 60.8 Å². The van der Waals surface area contributed by atoms with Gasteiger partial charge in [0.25, 0.3) is 0 Å². The van der Waals surface area contributed by atoms with Gasteiger partial charge in [0.2, 0.25) is 0 Å². The fourth-order valence-electron chi connectivity index (χ4n) is 3.02. The second kappa shape index (κ2) is 4.95. The first-order valence-electron chi connectivity index (χ1n) is 8.01. The molecule has 2 aliphatic heterocycles. The van der Waals surface area contributed by atoms with Crippen LogP contribution in [0.2, 0.25) is 0 Å². The molecule has 122 valence electrons. The molecule has 0 radical (unpaired) electrons. The van der Waals surface area contributed by atoms with Gasteiger partial charge in [-0.1, -0.05) is 13.8 Å². The summed E-state index contributed by atoms with van der Waals surface area (Å²) in [4.78, 5) is 0. The van der Waals surface area contributed by atoms with Crippen molar-refractivity contribution >= 4 is 7.12 Å². The van der Waals surface area contributed by atoms with Gasteiger partial charge in [-0.15, -0.1) is 0 Å². The van der Waals surface area contributed by atoms with Crippen molar-refractivity contribution in [3.8, 4) is 0 Å². The molecule has 2 fully saturated rings. The summed E-state index contributed by atoms with van der Waals surface area (Å²) in [5, 5.41) is 0. The Morgan fingerprint density at radius 3 is 1.71 bits per heavy atom. The molecule has 0 spiro atoms. The molecule has 2 atom stereocenters. The maximum absolute atomic E-state index is 6.27. The molecule has 2 saturated heterocycles. The zero-order valence-corrected chi connectivity index (χ0v) is 15.1. The van der Waals surface area contributed by atoms with Crippen LogP contribution < -0.4 is 0 Å². The first-order chi connectivity index (χ1) is 9.30. The van der Waals surface area contributed by atoms with E-state index in [1.807, 2.05) is 27.7 Å². The van der Waals surface area contributed by atoms with Crippen LogP contribution in [0.4, 0.5) is 0 Å². The fraction of sp³-hybridized carbons (Fsp3) is 1.00. The van der Waals surface area contributed by atoms with Crippen LogP contribution in [0.15, 0.2) is 0 Å². The van der Waals surface area contributed by atoms with E-state index in [1.54, 1.807) is 0 Å². The third-order valence-electron chi connectivity index (χ3n) is 5.35. The molecular weight excluding hydrogens is 267 g/mol. The van der Waals surface area contributed by atoms with E-state index in [0.29, 0.717) is 5.92 Å². The summed E-state index contributed by atoms with van der Waals surface area (Å²) in [7, 11) is -0.483. The Kier molecular flexibility index (Phi) is 4.07. The molecule has 2 heterocycles. The third kappa shape index (κ3) is 2.90. The first kappa shape index (κ1) is 17.3. The summed E-state index contributed by atoms with van der Waals surface area (Å²) >= 11 is 0. The Bertz CT molecular complexity index is 389. The maximum Gasteiger partial charge on any atom is 0.517 e. The predicted octanol–water partition coefficient (Wildman–Crippen LogP) is 3.57. The molecule has 0 aromatic rings. The molecule has 2 unspecified atom stereocenters. The van der Waals surface area contributed by atoms with Crippen molar-refractivity contribution in [1.82, 2.24) is 0 Å². The van der Waals surface area contributed by atoms with Crippen molar-refractivity contribution in [2.75, 3.05) is 0 Å². The first-order valence-corrected chi connectivity index (χ1v) is 8.01. The highest BCUT2D eigenvalue weighted by Crippen LogP contribution is 2.46. The van der Waals surface area contributed by atoms with Gasteiger partial charge >= 0.3 is 7.12 Å². The van der Waals surface area contributed by atoms with Gasteiger partial charge in [-0.25, -0.2) is 0 Å². The molecule has 0 saturated carbocycles. The van der Waals surface area contributed by atoms with E-state index in [1.165, 1.54) is 0 Å². The summed E-state index contributed by atoms with van der Waals surface area (Å²) in [6.07, 6.45) is 0.459. The molecule has 2 rings (SSSR count). The van der Waals surface area contributed by atoms with Crippen LogP contribution in [0.1, 0.15) is 68.7 Å². The minimum absolute atomic E-state index is 0.338. The Balaban J connectivity index is 2.15. The minimum Gasteiger partial charge on any atom is -0.400 e. The van der Waals surface area contributed by atoms with Gasteiger partial charge < -0.3 is 18.8 Å². The van der Waals surface area contributed by atoms with Crippen LogP contribution >= 0.6 is 0 Å². The van der Waals surface area contributed by atoms with Crippen molar-refractivity contribution < 1.29 is 18.8 Å². The SMILES string of the molecule is CC(C)CC1(C)OC(B2OC(C)(C)C(C)(C)O2)OC1(C)C. The van der Waals surface area contributed by atoms with Crippen LogP contribution in [0.5, 0.6) is 0 Å². The van der Waals surface area contributed by atoms with Crippen molar-refractivity contribution in [3.05, 3.63) is 0 Å². The molecule has 4 nitrogen and oxygen atoms in total. The Hall–Kier alpha value is -0.0951. The minimum atomic E-state index is -0.483. The molecular formula is C16H31BO4. The van der Waals surface area contributed by atoms with Gasteiger partial charge in [0.15, 0.2) is 6.19 Å². The Labute approximate surface area is 130 Å². The van der Waals surface area contributed by atoms with E-state index >= 15 is 0 Å². The number of ether oxygens (including phenoxy) is 2. The molecule has 0 aliphatic carbocycles. The quantitative estimate of drug-likeness (QED) is 0.746. The molecule has 2 aliphatic rings. The van der Waals surface area contributed by atoms with E-state index < -0.39 is 13.3 Å². The van der Waals surface area contributed by atoms with Gasteiger partial charge in [0.05, 0.1) is 22.4 Å². The van der Waals surface area contributed by atoms with E-state index in [4.69, 9.17) is 18.8 Å². The van der Waals surface area contributed by atoms with E-state index in [-0.39, 0.29) is 22.4 Å². The summed E-state index contributed by atoms with van der Waals surface area (Å²) in [6.45, 7) is 18.9. The smallest absolute Gasteiger partial charge is 0.400 e. The largest absolute Gasteiger partial charge is 0.517 e. The van der Waals surface area contributed by atoms with Crippen molar-refractivity contribution in [2.24, 2.45) is 5.92 Å². The van der Waals surface area contributed by atoms with E-state index in [2.05, 4.69) is 34.6 Å². The highest BCUT2D eigenvalue weighted by atomic mass is 16.8. The molecule has 5 heteroatoms. The second-order valence-corrected chi connectivity index (χ2v) is 8.57. The average molecular weight is 298 g/mol. The molecule has 21 heavy (non-hydrogen) atoms. The predicted molar refractivity (Wildman–Crippen MR) is 84.0 cm³/mol. The second-order valence-electron chi connectivity index (χ2n) is 8.57. The molecule has 0 aromatic carbocycles. The van der Waals surface area contributed by atoms with E-state index in [9.17, 15) is 0 Å². The molecule has 0 N–H and O–H groups in total. The topological polar surface area (TPSA) is 36.9 Å². The summed E-state index contributed by atoms with van der Waals surface area (Å²) in [6, 6.07) is 0.